The maximum atomic E-state index is 12.4. The monoisotopic (exact) mass is 257 g/mol. The van der Waals surface area contributed by atoms with Gasteiger partial charge in [0.1, 0.15) is 5.69 Å². The molecule has 4 heteroatoms. The lowest BCUT2D eigenvalue weighted by atomic mass is 10.1. The van der Waals surface area contributed by atoms with Gasteiger partial charge in [0.05, 0.1) is 19.8 Å². The third kappa shape index (κ3) is 2.57. The molecule has 4 nitrogen and oxygen atoms in total. The Balaban J connectivity index is 2.46. The number of nitrogens with zero attached hydrogens (tertiary/aromatic N) is 1. The zero-order valence-corrected chi connectivity index (χ0v) is 11.1. The highest BCUT2D eigenvalue weighted by atomic mass is 16.5. The summed E-state index contributed by atoms with van der Waals surface area (Å²) in [6, 6.07) is 8.76. The molecule has 19 heavy (non-hydrogen) atoms. The lowest BCUT2D eigenvalue weighted by Crippen LogP contribution is -2.07. The topological polar surface area (TPSA) is 48.4 Å². The van der Waals surface area contributed by atoms with E-state index in [1.54, 1.807) is 30.5 Å². The number of carbonyl (C=O) groups is 1. The number of aryl methyl sites for hydroxylation is 1. The highest BCUT2D eigenvalue weighted by Gasteiger charge is 2.18. The number of pyridine rings is 1. The Morgan fingerprint density at radius 3 is 2.47 bits per heavy atom. The standard InChI is InChI=1S/C15H15NO3/c1-10-7-8-12(16-9-10)14(17)11-5-4-6-13(18-2)15(11)19-3/h4-9H,1-3H3. The van der Waals surface area contributed by atoms with Crippen LogP contribution >= 0.6 is 0 Å². The van der Waals surface area contributed by atoms with Gasteiger partial charge in [-0.25, -0.2) is 0 Å². The first kappa shape index (κ1) is 13.1. The average Bonchev–Trinajstić information content (AvgIpc) is 2.46. The van der Waals surface area contributed by atoms with E-state index in [9.17, 15) is 4.79 Å². The summed E-state index contributed by atoms with van der Waals surface area (Å²) in [7, 11) is 3.05. The molecule has 0 amide bonds. The molecule has 1 aromatic heterocycles. The van der Waals surface area contributed by atoms with Crippen molar-refractivity contribution in [1.29, 1.82) is 0 Å². The molecule has 2 rings (SSSR count). The molecule has 0 fully saturated rings. The zero-order valence-electron chi connectivity index (χ0n) is 11.1. The van der Waals surface area contributed by atoms with Gasteiger partial charge in [0.25, 0.3) is 0 Å². The van der Waals surface area contributed by atoms with Gasteiger partial charge in [-0.1, -0.05) is 12.1 Å². The predicted molar refractivity (Wildman–Crippen MR) is 72.0 cm³/mol. The number of ether oxygens (including phenoxy) is 2. The number of ketones is 1. The highest BCUT2D eigenvalue weighted by molar-refractivity contribution is 6.10. The Labute approximate surface area is 112 Å². The molecule has 0 aliphatic rings. The van der Waals surface area contributed by atoms with E-state index in [-0.39, 0.29) is 5.78 Å². The summed E-state index contributed by atoms with van der Waals surface area (Å²) >= 11 is 0. The summed E-state index contributed by atoms with van der Waals surface area (Å²) in [4.78, 5) is 16.5. The number of aromatic nitrogens is 1. The van der Waals surface area contributed by atoms with Crippen LogP contribution in [-0.2, 0) is 0 Å². The van der Waals surface area contributed by atoms with Crippen molar-refractivity contribution in [1.82, 2.24) is 4.98 Å². The predicted octanol–water partition coefficient (Wildman–Crippen LogP) is 2.64. The highest BCUT2D eigenvalue weighted by Crippen LogP contribution is 2.31. The Hall–Kier alpha value is -2.36. The number of benzene rings is 1. The summed E-state index contributed by atoms with van der Waals surface area (Å²) in [6.45, 7) is 1.92. The molecule has 0 N–H and O–H groups in total. The Morgan fingerprint density at radius 2 is 1.89 bits per heavy atom. The van der Waals surface area contributed by atoms with Gasteiger partial charge in [-0.15, -0.1) is 0 Å². The summed E-state index contributed by atoms with van der Waals surface area (Å²) in [6.07, 6.45) is 1.67. The minimum atomic E-state index is -0.184. The van der Waals surface area contributed by atoms with Gasteiger partial charge in [0.15, 0.2) is 11.5 Å². The molecule has 0 atom stereocenters. The van der Waals surface area contributed by atoms with E-state index in [2.05, 4.69) is 4.98 Å². The van der Waals surface area contributed by atoms with Crippen LogP contribution in [0.2, 0.25) is 0 Å². The van der Waals surface area contributed by atoms with Gasteiger partial charge in [-0.2, -0.15) is 0 Å². The second kappa shape index (κ2) is 5.52. The lowest BCUT2D eigenvalue weighted by Gasteiger charge is -2.11. The Bertz CT molecular complexity index is 591. The van der Waals surface area contributed by atoms with Gasteiger partial charge in [-0.05, 0) is 30.7 Å². The third-order valence-corrected chi connectivity index (χ3v) is 2.79. The summed E-state index contributed by atoms with van der Waals surface area (Å²) < 4.78 is 10.4. The average molecular weight is 257 g/mol. The number of rotatable bonds is 4. The van der Waals surface area contributed by atoms with Crippen LogP contribution in [0.3, 0.4) is 0 Å². The molecule has 0 saturated heterocycles. The number of para-hydroxylation sites is 1. The van der Waals surface area contributed by atoms with Crippen molar-refractivity contribution in [3.8, 4) is 11.5 Å². The van der Waals surface area contributed by atoms with Crippen molar-refractivity contribution in [3.63, 3.8) is 0 Å². The molecule has 0 spiro atoms. The molecular formula is C15H15NO3. The third-order valence-electron chi connectivity index (χ3n) is 2.79. The van der Waals surface area contributed by atoms with Crippen molar-refractivity contribution in [2.24, 2.45) is 0 Å². The fourth-order valence-electron chi connectivity index (χ4n) is 1.81. The molecule has 0 bridgehead atoms. The van der Waals surface area contributed by atoms with Crippen LogP contribution in [0.1, 0.15) is 21.6 Å². The van der Waals surface area contributed by atoms with Crippen LogP contribution in [0.4, 0.5) is 0 Å². The Morgan fingerprint density at radius 1 is 1.11 bits per heavy atom. The summed E-state index contributed by atoms with van der Waals surface area (Å²) in [5.41, 5.74) is 1.84. The maximum Gasteiger partial charge on any atom is 0.215 e. The second-order valence-corrected chi connectivity index (χ2v) is 4.09. The number of carbonyl (C=O) groups excluding carboxylic acids is 1. The maximum absolute atomic E-state index is 12.4. The van der Waals surface area contributed by atoms with E-state index in [1.165, 1.54) is 14.2 Å². The lowest BCUT2D eigenvalue weighted by molar-refractivity contribution is 0.103. The number of hydrogen-bond acceptors (Lipinski definition) is 4. The van der Waals surface area contributed by atoms with Gasteiger partial charge in [-0.3, -0.25) is 9.78 Å². The number of methoxy groups -OCH3 is 2. The molecule has 0 saturated carbocycles. The van der Waals surface area contributed by atoms with Crippen LogP contribution < -0.4 is 9.47 Å². The molecule has 0 radical (unpaired) electrons. The quantitative estimate of drug-likeness (QED) is 0.790. The molecule has 0 unspecified atom stereocenters. The van der Waals surface area contributed by atoms with Crippen molar-refractivity contribution in [2.75, 3.05) is 14.2 Å². The van der Waals surface area contributed by atoms with E-state index >= 15 is 0 Å². The molecule has 0 aliphatic heterocycles. The fraction of sp³-hybridized carbons (Fsp3) is 0.200. The second-order valence-electron chi connectivity index (χ2n) is 4.09. The van der Waals surface area contributed by atoms with E-state index in [0.717, 1.165) is 5.56 Å². The first-order chi connectivity index (χ1) is 9.17. The molecule has 0 aliphatic carbocycles. The van der Waals surface area contributed by atoms with Crippen LogP contribution in [0, 0.1) is 6.92 Å². The minimum Gasteiger partial charge on any atom is -0.493 e. The van der Waals surface area contributed by atoms with Gasteiger partial charge < -0.3 is 9.47 Å². The SMILES string of the molecule is COc1cccc(C(=O)c2ccc(C)cn2)c1OC. The molecule has 98 valence electrons. The molecule has 2 aromatic rings. The largest absolute Gasteiger partial charge is 0.493 e. The van der Waals surface area contributed by atoms with Crippen molar-refractivity contribution in [2.45, 2.75) is 6.92 Å². The van der Waals surface area contributed by atoms with E-state index < -0.39 is 0 Å². The first-order valence-electron chi connectivity index (χ1n) is 5.85. The van der Waals surface area contributed by atoms with Crippen molar-refractivity contribution in [3.05, 3.63) is 53.3 Å². The minimum absolute atomic E-state index is 0.184. The Kier molecular flexibility index (Phi) is 3.80. The van der Waals surface area contributed by atoms with E-state index in [0.29, 0.717) is 22.8 Å². The van der Waals surface area contributed by atoms with Crippen molar-refractivity contribution < 1.29 is 14.3 Å². The summed E-state index contributed by atoms with van der Waals surface area (Å²) in [5.74, 6) is 0.772. The molecular weight excluding hydrogens is 242 g/mol. The number of hydrogen-bond donors (Lipinski definition) is 0. The molecule has 1 aromatic carbocycles. The fourth-order valence-corrected chi connectivity index (χ4v) is 1.81. The molecule has 1 heterocycles. The first-order valence-corrected chi connectivity index (χ1v) is 5.85. The van der Waals surface area contributed by atoms with Crippen molar-refractivity contribution >= 4 is 5.78 Å². The van der Waals surface area contributed by atoms with Gasteiger partial charge in [0, 0.05) is 6.20 Å². The van der Waals surface area contributed by atoms with E-state index in [4.69, 9.17) is 9.47 Å². The van der Waals surface area contributed by atoms with Gasteiger partial charge in [0.2, 0.25) is 5.78 Å². The summed E-state index contributed by atoms with van der Waals surface area (Å²) in [5, 5.41) is 0. The van der Waals surface area contributed by atoms with E-state index in [1.807, 2.05) is 13.0 Å². The van der Waals surface area contributed by atoms with Crippen LogP contribution in [0.15, 0.2) is 36.5 Å². The van der Waals surface area contributed by atoms with Crippen LogP contribution in [0.5, 0.6) is 11.5 Å². The van der Waals surface area contributed by atoms with Crippen LogP contribution in [-0.4, -0.2) is 25.0 Å². The smallest absolute Gasteiger partial charge is 0.215 e. The normalized spacial score (nSPS) is 10.1. The van der Waals surface area contributed by atoms with Gasteiger partial charge >= 0.3 is 0 Å². The van der Waals surface area contributed by atoms with Crippen LogP contribution in [0.25, 0.3) is 0 Å². The zero-order chi connectivity index (χ0) is 13.8.